The van der Waals surface area contributed by atoms with Crippen molar-refractivity contribution in [2.45, 2.75) is 38.8 Å². The number of benzene rings is 1. The molecular formula is C14H22FNO. The highest BCUT2D eigenvalue weighted by Gasteiger charge is 2.14. The van der Waals surface area contributed by atoms with Crippen molar-refractivity contribution < 1.29 is 9.13 Å². The van der Waals surface area contributed by atoms with E-state index in [0.29, 0.717) is 0 Å². The Bertz CT molecular complexity index is 354. The lowest BCUT2D eigenvalue weighted by atomic mass is 9.96. The van der Waals surface area contributed by atoms with Crippen molar-refractivity contribution in [3.05, 3.63) is 35.1 Å². The van der Waals surface area contributed by atoms with Crippen molar-refractivity contribution in [2.75, 3.05) is 14.2 Å². The van der Waals surface area contributed by atoms with Gasteiger partial charge in [0.15, 0.2) is 0 Å². The smallest absolute Gasteiger partial charge is 0.123 e. The molecule has 0 fully saturated rings. The van der Waals surface area contributed by atoms with Crippen LogP contribution in [0.5, 0.6) is 0 Å². The number of aryl methyl sites for hydroxylation is 1. The molecule has 17 heavy (non-hydrogen) atoms. The van der Waals surface area contributed by atoms with E-state index in [-0.39, 0.29) is 18.0 Å². The second kappa shape index (κ2) is 6.72. The first-order chi connectivity index (χ1) is 8.08. The van der Waals surface area contributed by atoms with Gasteiger partial charge in [-0.3, -0.25) is 0 Å². The van der Waals surface area contributed by atoms with Crippen LogP contribution in [-0.4, -0.2) is 20.3 Å². The lowest BCUT2D eigenvalue weighted by Gasteiger charge is -2.20. The highest BCUT2D eigenvalue weighted by Crippen LogP contribution is 2.23. The Hall–Kier alpha value is -0.930. The third-order valence-electron chi connectivity index (χ3n) is 3.23. The van der Waals surface area contributed by atoms with Gasteiger partial charge in [-0.1, -0.05) is 6.07 Å². The first-order valence-electron chi connectivity index (χ1n) is 6.04. The molecule has 1 aromatic carbocycles. The molecule has 0 aromatic heterocycles. The van der Waals surface area contributed by atoms with Gasteiger partial charge in [-0.15, -0.1) is 0 Å². The van der Waals surface area contributed by atoms with Crippen LogP contribution in [0.25, 0.3) is 0 Å². The number of ether oxygens (including phenoxy) is 1. The van der Waals surface area contributed by atoms with Crippen LogP contribution >= 0.6 is 0 Å². The molecule has 0 saturated carbocycles. The molecule has 1 aromatic rings. The zero-order valence-corrected chi connectivity index (χ0v) is 11.1. The van der Waals surface area contributed by atoms with Gasteiger partial charge in [0.1, 0.15) is 5.82 Å². The van der Waals surface area contributed by atoms with Crippen LogP contribution in [-0.2, 0) is 4.74 Å². The molecular weight excluding hydrogens is 217 g/mol. The molecule has 0 aliphatic rings. The molecule has 0 aliphatic carbocycles. The zero-order chi connectivity index (χ0) is 12.8. The fourth-order valence-electron chi connectivity index (χ4n) is 1.96. The Morgan fingerprint density at radius 3 is 2.65 bits per heavy atom. The molecule has 2 nitrogen and oxygen atoms in total. The van der Waals surface area contributed by atoms with E-state index in [9.17, 15) is 4.39 Å². The minimum Gasteiger partial charge on any atom is -0.382 e. The number of methoxy groups -OCH3 is 1. The van der Waals surface area contributed by atoms with Crippen LogP contribution in [0.15, 0.2) is 18.2 Å². The highest BCUT2D eigenvalue weighted by atomic mass is 19.1. The second-order valence-electron chi connectivity index (χ2n) is 4.47. The third kappa shape index (κ3) is 4.10. The van der Waals surface area contributed by atoms with Gasteiger partial charge in [-0.25, -0.2) is 4.39 Å². The van der Waals surface area contributed by atoms with E-state index >= 15 is 0 Å². The highest BCUT2D eigenvalue weighted by molar-refractivity contribution is 5.29. The van der Waals surface area contributed by atoms with Gasteiger partial charge in [0.05, 0.1) is 6.10 Å². The van der Waals surface area contributed by atoms with Crippen molar-refractivity contribution in [1.82, 2.24) is 5.32 Å². The predicted octanol–water partition coefficient (Wildman–Crippen LogP) is 3.21. The van der Waals surface area contributed by atoms with E-state index in [4.69, 9.17) is 4.74 Å². The van der Waals surface area contributed by atoms with Gasteiger partial charge in [-0.2, -0.15) is 0 Å². The second-order valence-corrected chi connectivity index (χ2v) is 4.47. The van der Waals surface area contributed by atoms with Gasteiger partial charge in [0.25, 0.3) is 0 Å². The Morgan fingerprint density at radius 1 is 1.35 bits per heavy atom. The quantitative estimate of drug-likeness (QED) is 0.823. The van der Waals surface area contributed by atoms with Crippen molar-refractivity contribution in [2.24, 2.45) is 0 Å². The number of hydrogen-bond donors (Lipinski definition) is 1. The van der Waals surface area contributed by atoms with E-state index in [1.807, 2.05) is 27.0 Å². The van der Waals surface area contributed by atoms with Crippen LogP contribution in [0.1, 0.15) is 36.9 Å². The molecule has 1 rings (SSSR count). The maximum Gasteiger partial charge on any atom is 0.123 e. The van der Waals surface area contributed by atoms with E-state index in [2.05, 4.69) is 5.32 Å². The Kier molecular flexibility index (Phi) is 5.59. The molecule has 0 aliphatic heterocycles. The van der Waals surface area contributed by atoms with E-state index < -0.39 is 0 Å². The van der Waals surface area contributed by atoms with Crippen molar-refractivity contribution >= 4 is 0 Å². The van der Waals surface area contributed by atoms with Crippen molar-refractivity contribution in [3.8, 4) is 0 Å². The summed E-state index contributed by atoms with van der Waals surface area (Å²) in [4.78, 5) is 0. The number of hydrogen-bond acceptors (Lipinski definition) is 2. The fourth-order valence-corrected chi connectivity index (χ4v) is 1.96. The molecule has 2 atom stereocenters. The van der Waals surface area contributed by atoms with Crippen LogP contribution in [0.3, 0.4) is 0 Å². The standard InChI is InChI=1S/C14H22FNO/c1-10-5-7-12(15)9-13(10)14(16-3)8-6-11(2)17-4/h5,7,9,11,14,16H,6,8H2,1-4H3. The first kappa shape index (κ1) is 14.1. The summed E-state index contributed by atoms with van der Waals surface area (Å²) in [7, 11) is 3.62. The van der Waals surface area contributed by atoms with E-state index in [1.165, 1.54) is 6.07 Å². The number of halogens is 1. The summed E-state index contributed by atoms with van der Waals surface area (Å²) in [6.07, 6.45) is 2.13. The maximum absolute atomic E-state index is 13.3. The molecule has 0 bridgehead atoms. The minimum atomic E-state index is -0.175. The van der Waals surface area contributed by atoms with Gasteiger partial charge in [-0.05, 0) is 57.0 Å². The average Bonchev–Trinajstić information content (AvgIpc) is 2.33. The maximum atomic E-state index is 13.3. The lowest BCUT2D eigenvalue weighted by molar-refractivity contribution is 0.106. The van der Waals surface area contributed by atoms with Crippen LogP contribution in [0.2, 0.25) is 0 Å². The van der Waals surface area contributed by atoms with E-state index in [0.717, 1.165) is 24.0 Å². The first-order valence-corrected chi connectivity index (χ1v) is 6.04. The fraction of sp³-hybridized carbons (Fsp3) is 0.571. The van der Waals surface area contributed by atoms with Crippen LogP contribution < -0.4 is 5.32 Å². The largest absolute Gasteiger partial charge is 0.382 e. The Labute approximate surface area is 103 Å². The molecule has 0 heterocycles. The molecule has 0 radical (unpaired) electrons. The number of nitrogens with one attached hydrogen (secondary N) is 1. The molecule has 3 heteroatoms. The third-order valence-corrected chi connectivity index (χ3v) is 3.23. The predicted molar refractivity (Wildman–Crippen MR) is 68.6 cm³/mol. The molecule has 2 unspecified atom stereocenters. The van der Waals surface area contributed by atoms with Crippen LogP contribution in [0, 0.1) is 12.7 Å². The summed E-state index contributed by atoms with van der Waals surface area (Å²) in [5.74, 6) is -0.175. The average molecular weight is 239 g/mol. The molecule has 0 saturated heterocycles. The SMILES string of the molecule is CNC(CCC(C)OC)c1cc(F)ccc1C. The van der Waals surface area contributed by atoms with Gasteiger partial charge in [0.2, 0.25) is 0 Å². The molecule has 0 spiro atoms. The summed E-state index contributed by atoms with van der Waals surface area (Å²) in [6, 6.07) is 5.13. The normalized spacial score (nSPS) is 14.6. The van der Waals surface area contributed by atoms with E-state index in [1.54, 1.807) is 13.2 Å². The van der Waals surface area contributed by atoms with Gasteiger partial charge >= 0.3 is 0 Å². The molecule has 96 valence electrons. The lowest BCUT2D eigenvalue weighted by Crippen LogP contribution is -2.19. The monoisotopic (exact) mass is 239 g/mol. The topological polar surface area (TPSA) is 21.3 Å². The summed E-state index contributed by atoms with van der Waals surface area (Å²) < 4.78 is 18.5. The number of rotatable bonds is 6. The van der Waals surface area contributed by atoms with Crippen LogP contribution in [0.4, 0.5) is 4.39 Å². The molecule has 0 amide bonds. The van der Waals surface area contributed by atoms with Gasteiger partial charge in [0, 0.05) is 13.2 Å². The summed E-state index contributed by atoms with van der Waals surface area (Å²) in [5.41, 5.74) is 2.16. The Balaban J connectivity index is 2.75. The Morgan fingerprint density at radius 2 is 2.06 bits per heavy atom. The molecule has 1 N–H and O–H groups in total. The van der Waals surface area contributed by atoms with Crippen molar-refractivity contribution in [1.29, 1.82) is 0 Å². The zero-order valence-electron chi connectivity index (χ0n) is 11.1. The minimum absolute atomic E-state index is 0.175. The summed E-state index contributed by atoms with van der Waals surface area (Å²) in [5, 5.41) is 3.24. The van der Waals surface area contributed by atoms with Crippen molar-refractivity contribution in [3.63, 3.8) is 0 Å². The summed E-state index contributed by atoms with van der Waals surface area (Å²) >= 11 is 0. The van der Waals surface area contributed by atoms with Gasteiger partial charge < -0.3 is 10.1 Å². The summed E-state index contributed by atoms with van der Waals surface area (Å²) in [6.45, 7) is 4.06.